The van der Waals surface area contributed by atoms with Gasteiger partial charge in [0.15, 0.2) is 0 Å². The predicted octanol–water partition coefficient (Wildman–Crippen LogP) is 2.38. The van der Waals surface area contributed by atoms with Crippen LogP contribution in [0, 0.1) is 0 Å². The minimum absolute atomic E-state index is 0.0379. The number of thioether (sulfide) groups is 1. The summed E-state index contributed by atoms with van der Waals surface area (Å²) in [5, 5.41) is 16.1. The summed E-state index contributed by atoms with van der Waals surface area (Å²) in [5.74, 6) is -0.251. The molecular weight excluding hydrogens is 540 g/mol. The van der Waals surface area contributed by atoms with Gasteiger partial charge in [-0.25, -0.2) is 14.8 Å². The Hall–Kier alpha value is -4.09. The summed E-state index contributed by atoms with van der Waals surface area (Å²) in [6.07, 6.45) is 5.71. The van der Waals surface area contributed by atoms with Gasteiger partial charge in [0.25, 0.3) is 0 Å². The van der Waals surface area contributed by atoms with E-state index >= 15 is 0 Å². The van der Waals surface area contributed by atoms with Crippen LogP contribution in [0.2, 0.25) is 0 Å². The molecule has 0 saturated carbocycles. The zero-order valence-corrected chi connectivity index (χ0v) is 23.5. The van der Waals surface area contributed by atoms with E-state index in [1.807, 2.05) is 48.0 Å². The smallest absolute Gasteiger partial charge is 0.333 e. The van der Waals surface area contributed by atoms with Crippen LogP contribution >= 0.6 is 11.8 Å². The van der Waals surface area contributed by atoms with Crippen LogP contribution in [0.5, 0.6) is 5.75 Å². The van der Waals surface area contributed by atoms with Gasteiger partial charge >= 0.3 is 6.03 Å². The Bertz CT molecular complexity index is 1410. The number of piperazine rings is 1. The van der Waals surface area contributed by atoms with Crippen LogP contribution in [0.25, 0.3) is 0 Å². The van der Waals surface area contributed by atoms with Gasteiger partial charge in [0.1, 0.15) is 18.0 Å². The molecule has 1 aliphatic carbocycles. The van der Waals surface area contributed by atoms with E-state index in [1.54, 1.807) is 62.9 Å². The molecule has 0 bridgehead atoms. The van der Waals surface area contributed by atoms with Crippen LogP contribution in [0.1, 0.15) is 11.1 Å². The zero-order valence-electron chi connectivity index (χ0n) is 22.7. The minimum atomic E-state index is -0.811. The van der Waals surface area contributed by atoms with Crippen molar-refractivity contribution >= 4 is 35.2 Å². The number of aromatic hydroxyl groups is 1. The van der Waals surface area contributed by atoms with Gasteiger partial charge in [0.05, 0.1) is 29.9 Å². The van der Waals surface area contributed by atoms with Crippen molar-refractivity contribution in [1.82, 2.24) is 25.1 Å². The summed E-state index contributed by atoms with van der Waals surface area (Å²) >= 11 is 1.66. The van der Waals surface area contributed by atoms with Crippen LogP contribution in [0.4, 0.5) is 4.79 Å². The predicted molar refractivity (Wildman–Crippen MR) is 157 cm³/mol. The summed E-state index contributed by atoms with van der Waals surface area (Å²) in [4.78, 5) is 49.4. The topological polar surface area (TPSA) is 109 Å². The van der Waals surface area contributed by atoms with Crippen molar-refractivity contribution < 1.29 is 19.5 Å². The van der Waals surface area contributed by atoms with Crippen LogP contribution in [0.15, 0.2) is 83.4 Å². The molecule has 2 fully saturated rings. The molecule has 2 aromatic carbocycles. The summed E-state index contributed by atoms with van der Waals surface area (Å²) in [6.45, 7) is 0.855. The van der Waals surface area contributed by atoms with Gasteiger partial charge in [-0.3, -0.25) is 14.6 Å². The third kappa shape index (κ3) is 5.34. The highest BCUT2D eigenvalue weighted by Crippen LogP contribution is 2.34. The maximum atomic E-state index is 14.1. The first-order chi connectivity index (χ1) is 19.9. The molecule has 10 nitrogen and oxygen atoms in total. The molecule has 0 aromatic heterocycles. The molecule has 4 aliphatic rings. The lowest BCUT2D eigenvalue weighted by atomic mass is 9.95. The number of benzene rings is 2. The normalized spacial score (nSPS) is 25.7. The van der Waals surface area contributed by atoms with Gasteiger partial charge < -0.3 is 20.2 Å². The van der Waals surface area contributed by atoms with Crippen LogP contribution in [-0.2, 0) is 22.6 Å². The van der Waals surface area contributed by atoms with E-state index in [4.69, 9.17) is 0 Å². The molecule has 4 amide bonds. The van der Waals surface area contributed by atoms with E-state index in [-0.39, 0.29) is 54.4 Å². The molecule has 0 radical (unpaired) electrons. The second kappa shape index (κ2) is 11.4. The summed E-state index contributed by atoms with van der Waals surface area (Å²) in [6, 6.07) is 15.2. The fourth-order valence-corrected chi connectivity index (χ4v) is 6.90. The SMILES string of the molecule is CNC(=O)N1C2CN(CC3=CC=CC4SC=NC34)C(=O)C(Cc3ccc(O)cc3)N2C(=O)CN1Cc1ccccc1. The molecule has 4 unspecified atom stereocenters. The van der Waals surface area contributed by atoms with E-state index < -0.39 is 12.2 Å². The van der Waals surface area contributed by atoms with Gasteiger partial charge in [-0.15, -0.1) is 11.8 Å². The number of hydrogen-bond donors (Lipinski definition) is 2. The number of nitrogens with zero attached hydrogens (tertiary/aromatic N) is 5. The van der Waals surface area contributed by atoms with E-state index in [9.17, 15) is 19.5 Å². The number of carbonyl (C=O) groups excluding carboxylic acids is 3. The Morgan fingerprint density at radius 1 is 1.07 bits per heavy atom. The zero-order chi connectivity index (χ0) is 28.5. The van der Waals surface area contributed by atoms with Gasteiger partial charge in [-0.2, -0.15) is 0 Å². The van der Waals surface area contributed by atoms with Crippen molar-refractivity contribution in [2.45, 2.75) is 36.5 Å². The number of phenols is 1. The second-order valence-corrected chi connectivity index (χ2v) is 11.5. The maximum Gasteiger partial charge on any atom is 0.333 e. The monoisotopic (exact) mass is 572 g/mol. The number of fused-ring (bicyclic) bond motifs is 2. The number of hydrogen-bond acceptors (Lipinski definition) is 7. The fourth-order valence-electron chi connectivity index (χ4n) is 5.98. The quantitative estimate of drug-likeness (QED) is 0.551. The van der Waals surface area contributed by atoms with Crippen molar-refractivity contribution in [2.75, 3.05) is 26.7 Å². The van der Waals surface area contributed by atoms with Crippen molar-refractivity contribution in [3.8, 4) is 5.75 Å². The van der Waals surface area contributed by atoms with Gasteiger partial charge in [0.2, 0.25) is 11.8 Å². The number of aliphatic imine (C=N–C) groups is 1. The Kier molecular flexibility index (Phi) is 7.55. The summed E-state index contributed by atoms with van der Waals surface area (Å²) in [5.41, 5.74) is 4.66. The molecule has 3 aliphatic heterocycles. The van der Waals surface area contributed by atoms with E-state index in [0.717, 1.165) is 16.7 Å². The van der Waals surface area contributed by atoms with Gasteiger partial charge in [-0.1, -0.05) is 60.7 Å². The molecule has 6 rings (SSSR count). The standard InChI is InChI=1S/C30H32N6O4S/c1-31-30(40)36-26-17-33(16-22-8-5-9-25-28(22)32-19-41-25)29(39)24(14-20-10-12-23(37)13-11-20)35(26)27(38)18-34(36)15-21-6-3-2-4-7-21/h2-13,19,24-26,28,37H,14-18H2,1H3,(H,31,40). The number of allylic oxidation sites excluding steroid dienone is 2. The molecular formula is C30H32N6O4S. The molecule has 41 heavy (non-hydrogen) atoms. The first-order valence-corrected chi connectivity index (χ1v) is 14.6. The average Bonchev–Trinajstić information content (AvgIpc) is 3.47. The van der Waals surface area contributed by atoms with Gasteiger partial charge in [0, 0.05) is 26.6 Å². The third-order valence-electron chi connectivity index (χ3n) is 7.94. The van der Waals surface area contributed by atoms with E-state index in [2.05, 4.69) is 16.4 Å². The number of nitrogens with one attached hydrogen (secondary N) is 1. The first-order valence-electron chi connectivity index (χ1n) is 13.6. The minimum Gasteiger partial charge on any atom is -0.508 e. The number of amides is 4. The average molecular weight is 573 g/mol. The Morgan fingerprint density at radius 3 is 2.61 bits per heavy atom. The molecule has 2 aromatic rings. The van der Waals surface area contributed by atoms with Crippen molar-refractivity contribution in [2.24, 2.45) is 4.99 Å². The number of rotatable bonds is 6. The lowest BCUT2D eigenvalue weighted by Crippen LogP contribution is -2.76. The third-order valence-corrected chi connectivity index (χ3v) is 8.91. The molecule has 11 heteroatoms. The van der Waals surface area contributed by atoms with E-state index in [1.165, 1.54) is 0 Å². The second-order valence-electron chi connectivity index (χ2n) is 10.5. The molecule has 4 atom stereocenters. The molecule has 3 heterocycles. The van der Waals surface area contributed by atoms with Crippen molar-refractivity contribution in [3.63, 3.8) is 0 Å². The van der Waals surface area contributed by atoms with Crippen LogP contribution in [0.3, 0.4) is 0 Å². The van der Waals surface area contributed by atoms with Gasteiger partial charge in [-0.05, 0) is 28.8 Å². The van der Waals surface area contributed by atoms with Crippen LogP contribution < -0.4 is 5.32 Å². The molecule has 2 saturated heterocycles. The lowest BCUT2D eigenvalue weighted by Gasteiger charge is -2.55. The molecule has 212 valence electrons. The van der Waals surface area contributed by atoms with Crippen LogP contribution in [-0.4, -0.2) is 98.5 Å². The number of phenolic OH excluding ortho intramolecular Hbond substituents is 1. The molecule has 0 spiro atoms. The number of carbonyl (C=O) groups is 3. The lowest BCUT2D eigenvalue weighted by molar-refractivity contribution is -0.191. The first kappa shape index (κ1) is 27.1. The fraction of sp³-hybridized carbons (Fsp3) is 0.333. The number of hydrazine groups is 1. The summed E-state index contributed by atoms with van der Waals surface area (Å²) in [7, 11) is 1.57. The van der Waals surface area contributed by atoms with E-state index in [0.29, 0.717) is 13.1 Å². The highest BCUT2D eigenvalue weighted by Gasteiger charge is 2.51. The summed E-state index contributed by atoms with van der Waals surface area (Å²) < 4.78 is 0. The number of urea groups is 1. The largest absolute Gasteiger partial charge is 0.508 e. The Morgan fingerprint density at radius 2 is 1.85 bits per heavy atom. The van der Waals surface area contributed by atoms with Crippen molar-refractivity contribution in [3.05, 3.63) is 89.5 Å². The molecule has 2 N–H and O–H groups in total. The Labute approximate surface area is 243 Å². The highest BCUT2D eigenvalue weighted by atomic mass is 32.2. The van der Waals surface area contributed by atoms with Crippen molar-refractivity contribution in [1.29, 1.82) is 0 Å². The maximum absolute atomic E-state index is 14.1. The highest BCUT2D eigenvalue weighted by molar-refractivity contribution is 8.13. The Balaban J connectivity index is 1.36.